The first kappa shape index (κ1) is 16.5. The Balaban J connectivity index is 1.78. The van der Waals surface area contributed by atoms with Gasteiger partial charge in [-0.05, 0) is 50.7 Å². The van der Waals surface area contributed by atoms with Gasteiger partial charge in [0.1, 0.15) is 5.69 Å². The van der Waals surface area contributed by atoms with E-state index in [2.05, 4.69) is 39.5 Å². The van der Waals surface area contributed by atoms with Crippen molar-refractivity contribution < 1.29 is 4.79 Å². The van der Waals surface area contributed by atoms with E-state index in [0.29, 0.717) is 12.2 Å². The third-order valence-electron chi connectivity index (χ3n) is 4.24. The van der Waals surface area contributed by atoms with Crippen molar-refractivity contribution in [2.24, 2.45) is 0 Å². The number of rotatable bonds is 5. The van der Waals surface area contributed by atoms with Crippen molar-refractivity contribution in [2.75, 3.05) is 38.6 Å². The van der Waals surface area contributed by atoms with Crippen LogP contribution < -0.4 is 10.2 Å². The monoisotopic (exact) mass is 324 g/mol. The van der Waals surface area contributed by atoms with Gasteiger partial charge in [-0.25, -0.2) is 0 Å². The van der Waals surface area contributed by atoms with Crippen LogP contribution in [-0.4, -0.2) is 49.5 Å². The maximum Gasteiger partial charge on any atom is 0.269 e. The average molecular weight is 324 g/mol. The number of benzene rings is 1. The van der Waals surface area contributed by atoms with E-state index in [1.807, 2.05) is 31.1 Å². The van der Waals surface area contributed by atoms with Crippen LogP contribution in [0.3, 0.4) is 0 Å². The highest BCUT2D eigenvalue weighted by Gasteiger charge is 2.19. The number of nitrogens with zero attached hydrogens (tertiary/aromatic N) is 3. The van der Waals surface area contributed by atoms with Crippen LogP contribution in [0.4, 0.5) is 11.4 Å². The summed E-state index contributed by atoms with van der Waals surface area (Å²) in [5, 5.41) is 2.92. The fraction of sp³-hybridized carbons (Fsp3) is 0.368. The van der Waals surface area contributed by atoms with Gasteiger partial charge in [-0.1, -0.05) is 18.2 Å². The molecule has 0 saturated carbocycles. The van der Waals surface area contributed by atoms with E-state index in [0.717, 1.165) is 31.6 Å². The first-order chi connectivity index (χ1) is 11.6. The van der Waals surface area contributed by atoms with Crippen LogP contribution in [0.25, 0.3) is 0 Å². The van der Waals surface area contributed by atoms with Gasteiger partial charge in [-0.3, -0.25) is 9.78 Å². The highest BCUT2D eigenvalue weighted by Crippen LogP contribution is 2.33. The topological polar surface area (TPSA) is 48.5 Å². The van der Waals surface area contributed by atoms with Gasteiger partial charge in [0, 0.05) is 37.2 Å². The third kappa shape index (κ3) is 3.74. The SMILES string of the molecule is CN(C)CCNC(=O)c1cc(N2CCCc3ccccc32)ccn1. The van der Waals surface area contributed by atoms with Crippen LogP contribution in [0.15, 0.2) is 42.6 Å². The molecule has 126 valence electrons. The van der Waals surface area contributed by atoms with Crippen molar-refractivity contribution in [1.82, 2.24) is 15.2 Å². The number of nitrogens with one attached hydrogen (secondary N) is 1. The summed E-state index contributed by atoms with van der Waals surface area (Å²) in [5.74, 6) is -0.121. The first-order valence-electron chi connectivity index (χ1n) is 8.39. The lowest BCUT2D eigenvalue weighted by molar-refractivity contribution is 0.0946. The number of likely N-dealkylation sites (N-methyl/N-ethyl adjacent to an activating group) is 1. The minimum atomic E-state index is -0.121. The molecule has 0 bridgehead atoms. The number of carbonyl (C=O) groups is 1. The quantitative estimate of drug-likeness (QED) is 0.918. The summed E-state index contributed by atoms with van der Waals surface area (Å²) in [7, 11) is 3.97. The van der Waals surface area contributed by atoms with Gasteiger partial charge in [-0.15, -0.1) is 0 Å². The summed E-state index contributed by atoms with van der Waals surface area (Å²) < 4.78 is 0. The Morgan fingerprint density at radius 1 is 1.29 bits per heavy atom. The Labute approximate surface area is 143 Å². The summed E-state index contributed by atoms with van der Waals surface area (Å²) in [4.78, 5) is 20.8. The van der Waals surface area contributed by atoms with Crippen molar-refractivity contribution >= 4 is 17.3 Å². The van der Waals surface area contributed by atoms with Gasteiger partial charge in [0.2, 0.25) is 0 Å². The molecule has 24 heavy (non-hydrogen) atoms. The molecule has 1 aromatic carbocycles. The number of hydrogen-bond acceptors (Lipinski definition) is 4. The Kier molecular flexibility index (Phi) is 5.11. The third-order valence-corrected chi connectivity index (χ3v) is 4.24. The number of hydrogen-bond donors (Lipinski definition) is 1. The Morgan fingerprint density at radius 2 is 2.12 bits per heavy atom. The van der Waals surface area contributed by atoms with Crippen LogP contribution in [0.2, 0.25) is 0 Å². The van der Waals surface area contributed by atoms with Crippen LogP contribution in [0.1, 0.15) is 22.5 Å². The van der Waals surface area contributed by atoms with Crippen LogP contribution in [0.5, 0.6) is 0 Å². The lowest BCUT2D eigenvalue weighted by Gasteiger charge is -2.31. The zero-order valence-corrected chi connectivity index (χ0v) is 14.3. The first-order valence-corrected chi connectivity index (χ1v) is 8.39. The molecule has 0 aliphatic carbocycles. The molecular weight excluding hydrogens is 300 g/mol. The zero-order valence-electron chi connectivity index (χ0n) is 14.3. The Hall–Kier alpha value is -2.40. The van der Waals surface area contributed by atoms with Crippen molar-refractivity contribution in [2.45, 2.75) is 12.8 Å². The van der Waals surface area contributed by atoms with Gasteiger partial charge in [0.25, 0.3) is 5.91 Å². The standard InChI is InChI=1S/C19H24N4O/c1-22(2)13-11-21-19(24)17-14-16(9-10-20-17)23-12-5-7-15-6-3-4-8-18(15)23/h3-4,6,8-10,14H,5,7,11-13H2,1-2H3,(H,21,24). The largest absolute Gasteiger partial charge is 0.349 e. The normalized spacial score (nSPS) is 13.7. The fourth-order valence-electron chi connectivity index (χ4n) is 3.00. The molecular formula is C19H24N4O. The molecule has 1 N–H and O–H groups in total. The van der Waals surface area contributed by atoms with Crippen molar-refractivity contribution in [1.29, 1.82) is 0 Å². The van der Waals surface area contributed by atoms with E-state index in [1.165, 1.54) is 11.3 Å². The number of anilines is 2. The molecule has 1 aromatic heterocycles. The van der Waals surface area contributed by atoms with Crippen molar-refractivity contribution in [3.63, 3.8) is 0 Å². The summed E-state index contributed by atoms with van der Waals surface area (Å²) in [6.07, 6.45) is 3.94. The molecule has 0 radical (unpaired) electrons. The van der Waals surface area contributed by atoms with Crippen molar-refractivity contribution in [3.8, 4) is 0 Å². The van der Waals surface area contributed by atoms with Crippen LogP contribution in [-0.2, 0) is 6.42 Å². The molecule has 2 aromatic rings. The molecule has 0 unspecified atom stereocenters. The molecule has 0 atom stereocenters. The van der Waals surface area contributed by atoms with E-state index in [-0.39, 0.29) is 5.91 Å². The number of pyridine rings is 1. The summed E-state index contributed by atoms with van der Waals surface area (Å²) in [6, 6.07) is 12.3. The lowest BCUT2D eigenvalue weighted by atomic mass is 10.0. The predicted molar refractivity (Wildman–Crippen MR) is 96.9 cm³/mol. The summed E-state index contributed by atoms with van der Waals surface area (Å²) >= 11 is 0. The smallest absolute Gasteiger partial charge is 0.269 e. The molecule has 1 amide bonds. The number of carbonyl (C=O) groups excluding carboxylic acids is 1. The van der Waals surface area contributed by atoms with E-state index in [9.17, 15) is 4.79 Å². The van der Waals surface area contributed by atoms with E-state index >= 15 is 0 Å². The lowest BCUT2D eigenvalue weighted by Crippen LogP contribution is -2.32. The fourth-order valence-corrected chi connectivity index (χ4v) is 3.00. The van der Waals surface area contributed by atoms with Gasteiger partial charge < -0.3 is 15.1 Å². The highest BCUT2D eigenvalue weighted by molar-refractivity contribution is 5.93. The van der Waals surface area contributed by atoms with Crippen molar-refractivity contribution in [3.05, 3.63) is 53.9 Å². The van der Waals surface area contributed by atoms with Crippen LogP contribution in [0, 0.1) is 0 Å². The van der Waals surface area contributed by atoms with E-state index in [4.69, 9.17) is 0 Å². The molecule has 5 nitrogen and oxygen atoms in total. The summed E-state index contributed by atoms with van der Waals surface area (Å²) in [6.45, 7) is 2.39. The minimum absolute atomic E-state index is 0.121. The average Bonchev–Trinajstić information content (AvgIpc) is 2.61. The van der Waals surface area contributed by atoms with Gasteiger partial charge in [-0.2, -0.15) is 0 Å². The van der Waals surface area contributed by atoms with Crippen LogP contribution >= 0.6 is 0 Å². The van der Waals surface area contributed by atoms with E-state index in [1.54, 1.807) is 6.20 Å². The number of para-hydroxylation sites is 1. The molecule has 1 aliphatic rings. The van der Waals surface area contributed by atoms with Gasteiger partial charge >= 0.3 is 0 Å². The molecule has 1 aliphatic heterocycles. The zero-order chi connectivity index (χ0) is 16.9. The second-order valence-electron chi connectivity index (χ2n) is 6.34. The highest BCUT2D eigenvalue weighted by atomic mass is 16.1. The molecule has 2 heterocycles. The Bertz CT molecular complexity index is 714. The second-order valence-corrected chi connectivity index (χ2v) is 6.34. The number of fused-ring (bicyclic) bond motifs is 1. The number of amides is 1. The Morgan fingerprint density at radius 3 is 2.96 bits per heavy atom. The van der Waals surface area contributed by atoms with Gasteiger partial charge in [0.05, 0.1) is 0 Å². The second kappa shape index (κ2) is 7.45. The maximum absolute atomic E-state index is 12.3. The molecule has 3 rings (SSSR count). The van der Waals surface area contributed by atoms with Gasteiger partial charge in [0.15, 0.2) is 0 Å². The number of aryl methyl sites for hydroxylation is 1. The minimum Gasteiger partial charge on any atom is -0.349 e. The molecule has 5 heteroatoms. The predicted octanol–water partition coefficient (Wildman–Crippen LogP) is 2.46. The molecule has 0 saturated heterocycles. The number of aromatic nitrogens is 1. The molecule has 0 spiro atoms. The molecule has 0 fully saturated rings. The summed E-state index contributed by atoms with van der Waals surface area (Å²) in [5.41, 5.74) is 4.08. The maximum atomic E-state index is 12.3. The van der Waals surface area contributed by atoms with E-state index < -0.39 is 0 Å².